The summed E-state index contributed by atoms with van der Waals surface area (Å²) in [5.41, 5.74) is -0.102. The molecule has 0 atom stereocenters. The van der Waals surface area contributed by atoms with E-state index in [0.717, 1.165) is 21.7 Å². The molecule has 20 heavy (non-hydrogen) atoms. The summed E-state index contributed by atoms with van der Waals surface area (Å²) in [6.07, 6.45) is 0. The largest absolute Gasteiger partial charge is 0.478 e. The van der Waals surface area contributed by atoms with Gasteiger partial charge in [-0.05, 0) is 19.9 Å². The molecule has 1 N–H and O–H groups in total. The molecule has 0 aromatic carbocycles. The van der Waals surface area contributed by atoms with E-state index >= 15 is 0 Å². The summed E-state index contributed by atoms with van der Waals surface area (Å²) in [4.78, 5) is 22.1. The predicted octanol–water partition coefficient (Wildman–Crippen LogP) is 1.02. The van der Waals surface area contributed by atoms with Gasteiger partial charge in [0.15, 0.2) is 0 Å². The third-order valence-electron chi connectivity index (χ3n) is 2.47. The summed E-state index contributed by atoms with van der Waals surface area (Å²) in [5.74, 6) is -1.89. The van der Waals surface area contributed by atoms with Gasteiger partial charge in [0.05, 0.1) is 12.7 Å². The predicted molar refractivity (Wildman–Crippen MR) is 72.3 cm³/mol. The Balaban J connectivity index is 3.15. The highest BCUT2D eigenvalue weighted by Gasteiger charge is 2.31. The number of carbonyl (C=O) groups is 2. The number of rotatable bonds is 6. The lowest BCUT2D eigenvalue weighted by Crippen LogP contribution is -2.40. The van der Waals surface area contributed by atoms with E-state index in [4.69, 9.17) is 5.11 Å². The number of carboxylic acid groups (broad SMARTS) is 1. The van der Waals surface area contributed by atoms with Crippen LogP contribution in [0.1, 0.15) is 24.2 Å². The van der Waals surface area contributed by atoms with Crippen LogP contribution in [0, 0.1) is 0 Å². The van der Waals surface area contributed by atoms with Crippen LogP contribution in [0.15, 0.2) is 15.7 Å². The SMILES string of the molecule is COC(=O)CN(C(C)C)S(=O)(=O)c1cc(C(=O)O)cs1. The smallest absolute Gasteiger partial charge is 0.336 e. The number of thiophene rings is 1. The second kappa shape index (κ2) is 6.33. The van der Waals surface area contributed by atoms with Gasteiger partial charge in [-0.15, -0.1) is 11.3 Å². The zero-order valence-electron chi connectivity index (χ0n) is 11.2. The molecular formula is C11H15NO6S2. The number of methoxy groups -OCH3 is 1. The Morgan fingerprint density at radius 1 is 1.45 bits per heavy atom. The topological polar surface area (TPSA) is 101 Å². The third-order valence-corrected chi connectivity index (χ3v) is 5.91. The van der Waals surface area contributed by atoms with Crippen LogP contribution in [0.2, 0.25) is 0 Å². The summed E-state index contributed by atoms with van der Waals surface area (Å²) in [6, 6.07) is 0.615. The second-order valence-corrected chi connectivity index (χ2v) is 7.21. The van der Waals surface area contributed by atoms with Crippen molar-refractivity contribution in [3.63, 3.8) is 0 Å². The first kappa shape index (κ1) is 16.6. The Morgan fingerprint density at radius 3 is 2.45 bits per heavy atom. The zero-order valence-corrected chi connectivity index (χ0v) is 12.8. The maximum atomic E-state index is 12.4. The van der Waals surface area contributed by atoms with Crippen molar-refractivity contribution in [2.45, 2.75) is 24.1 Å². The van der Waals surface area contributed by atoms with Crippen LogP contribution in [0.3, 0.4) is 0 Å². The Hall–Kier alpha value is -1.45. The van der Waals surface area contributed by atoms with Gasteiger partial charge < -0.3 is 9.84 Å². The number of ether oxygens (including phenoxy) is 1. The lowest BCUT2D eigenvalue weighted by atomic mass is 10.4. The van der Waals surface area contributed by atoms with Crippen molar-refractivity contribution in [1.29, 1.82) is 0 Å². The van der Waals surface area contributed by atoms with Crippen molar-refractivity contribution < 1.29 is 27.9 Å². The zero-order chi connectivity index (χ0) is 15.5. The van der Waals surface area contributed by atoms with Crippen molar-refractivity contribution in [3.8, 4) is 0 Å². The number of aromatic carboxylic acids is 1. The molecule has 0 amide bonds. The van der Waals surface area contributed by atoms with Gasteiger partial charge in [-0.1, -0.05) is 0 Å². The molecule has 0 fully saturated rings. The second-order valence-electron chi connectivity index (χ2n) is 4.18. The van der Waals surface area contributed by atoms with Crippen LogP contribution in [-0.4, -0.2) is 49.5 Å². The highest BCUT2D eigenvalue weighted by atomic mass is 32.2. The standard InChI is InChI=1S/C11H15NO6S2/c1-7(2)12(5-9(13)18-3)20(16,17)10-4-8(6-19-10)11(14)15/h4,6-7H,5H2,1-3H3,(H,14,15). The van der Waals surface area contributed by atoms with Gasteiger partial charge in [-0.3, -0.25) is 4.79 Å². The average molecular weight is 321 g/mol. The van der Waals surface area contributed by atoms with Gasteiger partial charge in [0.25, 0.3) is 10.0 Å². The van der Waals surface area contributed by atoms with Crippen LogP contribution in [0.4, 0.5) is 0 Å². The monoisotopic (exact) mass is 321 g/mol. The van der Waals surface area contributed by atoms with Crippen LogP contribution in [0.25, 0.3) is 0 Å². The molecule has 1 heterocycles. The van der Waals surface area contributed by atoms with E-state index in [1.165, 1.54) is 12.5 Å². The third kappa shape index (κ3) is 3.56. The highest BCUT2D eigenvalue weighted by Crippen LogP contribution is 2.25. The molecule has 0 bridgehead atoms. The van der Waals surface area contributed by atoms with Gasteiger partial charge >= 0.3 is 11.9 Å². The van der Waals surface area contributed by atoms with Gasteiger partial charge in [-0.25, -0.2) is 13.2 Å². The molecule has 0 saturated heterocycles. The number of nitrogens with zero attached hydrogens (tertiary/aromatic N) is 1. The number of sulfonamides is 1. The van der Waals surface area contributed by atoms with E-state index in [1.807, 2.05) is 0 Å². The first-order valence-electron chi connectivity index (χ1n) is 5.60. The summed E-state index contributed by atoms with van der Waals surface area (Å²) in [5, 5.41) is 10.1. The minimum absolute atomic E-state index is 0.102. The van der Waals surface area contributed by atoms with E-state index in [2.05, 4.69) is 4.74 Å². The molecule has 0 aliphatic rings. The van der Waals surface area contributed by atoms with Crippen LogP contribution in [-0.2, 0) is 19.6 Å². The van der Waals surface area contributed by atoms with Gasteiger partial charge in [0.1, 0.15) is 10.8 Å². The Morgan fingerprint density at radius 2 is 2.05 bits per heavy atom. The van der Waals surface area contributed by atoms with E-state index in [9.17, 15) is 18.0 Å². The summed E-state index contributed by atoms with van der Waals surface area (Å²) in [7, 11) is -2.76. The fourth-order valence-electron chi connectivity index (χ4n) is 1.42. The Labute approximate surface area is 120 Å². The van der Waals surface area contributed by atoms with Crippen LogP contribution < -0.4 is 0 Å². The van der Waals surface area contributed by atoms with Gasteiger partial charge in [0.2, 0.25) is 0 Å². The van der Waals surface area contributed by atoms with E-state index in [-0.39, 0.29) is 9.77 Å². The van der Waals surface area contributed by atoms with E-state index in [0.29, 0.717) is 0 Å². The molecule has 0 aliphatic carbocycles. The first-order valence-corrected chi connectivity index (χ1v) is 7.92. The molecule has 0 aliphatic heterocycles. The quantitative estimate of drug-likeness (QED) is 0.785. The van der Waals surface area contributed by atoms with Crippen molar-refractivity contribution >= 4 is 33.3 Å². The minimum Gasteiger partial charge on any atom is -0.478 e. The maximum absolute atomic E-state index is 12.4. The lowest BCUT2D eigenvalue weighted by Gasteiger charge is -2.23. The number of carboxylic acids is 1. The minimum atomic E-state index is -3.93. The lowest BCUT2D eigenvalue weighted by molar-refractivity contribution is -0.141. The maximum Gasteiger partial charge on any atom is 0.336 e. The van der Waals surface area contributed by atoms with E-state index in [1.54, 1.807) is 13.8 Å². The molecule has 0 spiro atoms. The first-order chi connectivity index (χ1) is 9.20. The average Bonchev–Trinajstić information content (AvgIpc) is 2.85. The highest BCUT2D eigenvalue weighted by molar-refractivity contribution is 7.91. The number of esters is 1. The Bertz CT molecular complexity index is 604. The molecule has 0 radical (unpaired) electrons. The fraction of sp³-hybridized carbons (Fsp3) is 0.455. The summed E-state index contributed by atoms with van der Waals surface area (Å²) in [6.45, 7) is 2.81. The van der Waals surface area contributed by atoms with E-state index < -0.39 is 34.5 Å². The summed E-state index contributed by atoms with van der Waals surface area (Å²) < 4.78 is 30.1. The van der Waals surface area contributed by atoms with Crippen molar-refractivity contribution in [1.82, 2.24) is 4.31 Å². The normalized spacial score (nSPS) is 11.8. The molecule has 1 rings (SSSR count). The van der Waals surface area contributed by atoms with Crippen molar-refractivity contribution in [2.75, 3.05) is 13.7 Å². The summed E-state index contributed by atoms with van der Waals surface area (Å²) >= 11 is 0.803. The molecule has 9 heteroatoms. The molecule has 7 nitrogen and oxygen atoms in total. The van der Waals surface area contributed by atoms with Gasteiger partial charge in [-0.2, -0.15) is 4.31 Å². The Kier molecular flexibility index (Phi) is 5.26. The number of hydrogen-bond acceptors (Lipinski definition) is 6. The number of hydrogen-bond donors (Lipinski definition) is 1. The molecule has 0 saturated carbocycles. The van der Waals surface area contributed by atoms with Gasteiger partial charge in [0, 0.05) is 11.4 Å². The number of carbonyl (C=O) groups excluding carboxylic acids is 1. The van der Waals surface area contributed by atoms with Crippen molar-refractivity contribution in [3.05, 3.63) is 17.0 Å². The fourth-order valence-corrected chi connectivity index (χ4v) is 4.28. The molecular weight excluding hydrogens is 306 g/mol. The van der Waals surface area contributed by atoms with Crippen LogP contribution in [0.5, 0.6) is 0 Å². The van der Waals surface area contributed by atoms with Crippen molar-refractivity contribution in [2.24, 2.45) is 0 Å². The molecule has 1 aromatic heterocycles. The molecule has 112 valence electrons. The molecule has 1 aromatic rings. The molecule has 0 unspecified atom stereocenters. The van der Waals surface area contributed by atoms with Crippen LogP contribution >= 0.6 is 11.3 Å².